The number of hydrogen-bond acceptors (Lipinski definition) is 1. The fourth-order valence-corrected chi connectivity index (χ4v) is 2.15. The number of halogens is 3. The van der Waals surface area contributed by atoms with E-state index in [0.29, 0.717) is 0 Å². The van der Waals surface area contributed by atoms with Gasteiger partial charge in [-0.15, -0.1) is 0 Å². The number of hydrogen-bond donors (Lipinski definition) is 1. The zero-order chi connectivity index (χ0) is 15.5. The van der Waals surface area contributed by atoms with Gasteiger partial charge in [-0.2, -0.15) is 13.2 Å². The molecular formula is C17H17F3O. The van der Waals surface area contributed by atoms with Crippen molar-refractivity contribution in [3.05, 3.63) is 59.7 Å². The van der Waals surface area contributed by atoms with Crippen molar-refractivity contribution >= 4 is 0 Å². The first-order valence-corrected chi connectivity index (χ1v) is 6.77. The highest BCUT2D eigenvalue weighted by molar-refractivity contribution is 5.64. The van der Waals surface area contributed by atoms with E-state index in [0.717, 1.165) is 35.2 Å². The Hall–Kier alpha value is -1.81. The van der Waals surface area contributed by atoms with Crippen molar-refractivity contribution < 1.29 is 18.3 Å². The molecule has 2 aromatic carbocycles. The molecular weight excluding hydrogens is 277 g/mol. The number of rotatable bonds is 4. The highest BCUT2D eigenvalue weighted by atomic mass is 19.4. The van der Waals surface area contributed by atoms with Gasteiger partial charge in [0.15, 0.2) is 0 Å². The minimum atomic E-state index is -4.30. The van der Waals surface area contributed by atoms with Crippen LogP contribution in [-0.4, -0.2) is 11.7 Å². The Morgan fingerprint density at radius 1 is 0.905 bits per heavy atom. The van der Waals surface area contributed by atoms with Crippen molar-refractivity contribution in [3.8, 4) is 11.1 Å². The molecule has 0 spiro atoms. The van der Waals surface area contributed by atoms with E-state index in [1.807, 2.05) is 31.2 Å². The number of alkyl halides is 3. The molecule has 1 nitrogen and oxygen atoms in total. The monoisotopic (exact) mass is 294 g/mol. The molecule has 0 aliphatic carbocycles. The molecule has 2 rings (SSSR count). The van der Waals surface area contributed by atoms with Crippen LogP contribution < -0.4 is 0 Å². The molecule has 1 N–H and O–H groups in total. The second-order valence-corrected chi connectivity index (χ2v) is 5.26. The van der Waals surface area contributed by atoms with Crippen LogP contribution in [0.5, 0.6) is 0 Å². The maximum atomic E-state index is 12.5. The maximum absolute atomic E-state index is 12.5. The predicted octanol–water partition coefficient (Wildman–Crippen LogP) is 4.54. The summed E-state index contributed by atoms with van der Waals surface area (Å²) in [5.41, 5.74) is 2.10. The van der Waals surface area contributed by atoms with Gasteiger partial charge in [0.05, 0.1) is 5.56 Å². The van der Waals surface area contributed by atoms with E-state index < -0.39 is 11.7 Å². The molecule has 0 heterocycles. The molecule has 0 saturated heterocycles. The van der Waals surface area contributed by atoms with Crippen LogP contribution in [0.2, 0.25) is 0 Å². The van der Waals surface area contributed by atoms with E-state index in [9.17, 15) is 13.2 Å². The highest BCUT2D eigenvalue weighted by Gasteiger charge is 2.29. The second-order valence-electron chi connectivity index (χ2n) is 5.26. The van der Waals surface area contributed by atoms with Crippen molar-refractivity contribution in [1.29, 1.82) is 0 Å². The van der Waals surface area contributed by atoms with Gasteiger partial charge in [-0.25, -0.2) is 0 Å². The van der Waals surface area contributed by atoms with Crippen molar-refractivity contribution in [2.24, 2.45) is 5.92 Å². The Morgan fingerprint density at radius 2 is 1.38 bits per heavy atom. The SMILES string of the molecule is C[C@H](CO)Cc1ccc(-c2ccc(C(F)(F)F)cc2)cc1. The topological polar surface area (TPSA) is 20.2 Å². The molecule has 0 aliphatic heterocycles. The Morgan fingerprint density at radius 3 is 1.81 bits per heavy atom. The number of aliphatic hydroxyl groups excluding tert-OH is 1. The summed E-state index contributed by atoms with van der Waals surface area (Å²) in [4.78, 5) is 0. The van der Waals surface area contributed by atoms with Gasteiger partial charge < -0.3 is 5.11 Å². The Bertz CT molecular complexity index is 570. The van der Waals surface area contributed by atoms with Gasteiger partial charge >= 0.3 is 6.18 Å². The molecule has 21 heavy (non-hydrogen) atoms. The lowest BCUT2D eigenvalue weighted by Crippen LogP contribution is -2.04. The number of aliphatic hydroxyl groups is 1. The third-order valence-electron chi connectivity index (χ3n) is 3.40. The summed E-state index contributed by atoms with van der Waals surface area (Å²) in [6, 6.07) is 12.8. The van der Waals surface area contributed by atoms with Crippen molar-refractivity contribution in [1.82, 2.24) is 0 Å². The molecule has 0 unspecified atom stereocenters. The molecule has 2 aromatic rings. The average molecular weight is 294 g/mol. The van der Waals surface area contributed by atoms with E-state index in [4.69, 9.17) is 5.11 Å². The van der Waals surface area contributed by atoms with Gasteiger partial charge in [0, 0.05) is 6.61 Å². The standard InChI is InChI=1S/C17H17F3O/c1-12(11-21)10-13-2-4-14(5-3-13)15-6-8-16(9-7-15)17(18,19)20/h2-9,12,21H,10-11H2,1H3/t12-/m0/s1. The largest absolute Gasteiger partial charge is 0.416 e. The Labute approximate surface area is 122 Å². The lowest BCUT2D eigenvalue weighted by Gasteiger charge is -2.10. The summed E-state index contributed by atoms with van der Waals surface area (Å²) in [5, 5.41) is 9.03. The third kappa shape index (κ3) is 4.08. The van der Waals surface area contributed by atoms with Crippen molar-refractivity contribution in [3.63, 3.8) is 0 Å². The molecule has 0 aromatic heterocycles. The lowest BCUT2D eigenvalue weighted by molar-refractivity contribution is -0.137. The minimum absolute atomic E-state index is 0.140. The zero-order valence-electron chi connectivity index (χ0n) is 11.7. The van der Waals surface area contributed by atoms with E-state index in [1.165, 1.54) is 12.1 Å². The summed E-state index contributed by atoms with van der Waals surface area (Å²) in [7, 11) is 0. The summed E-state index contributed by atoms with van der Waals surface area (Å²) in [6.45, 7) is 2.10. The van der Waals surface area contributed by atoms with Gasteiger partial charge in [-0.05, 0) is 41.2 Å². The minimum Gasteiger partial charge on any atom is -0.396 e. The van der Waals surface area contributed by atoms with Gasteiger partial charge in [0.25, 0.3) is 0 Å². The van der Waals surface area contributed by atoms with Crippen LogP contribution in [-0.2, 0) is 12.6 Å². The van der Waals surface area contributed by atoms with Crippen LogP contribution in [0.3, 0.4) is 0 Å². The highest BCUT2D eigenvalue weighted by Crippen LogP contribution is 2.31. The second kappa shape index (κ2) is 6.31. The Balaban J connectivity index is 2.15. The van der Waals surface area contributed by atoms with Crippen LogP contribution in [0.4, 0.5) is 13.2 Å². The molecule has 4 heteroatoms. The summed E-state index contributed by atoms with van der Waals surface area (Å²) in [6.07, 6.45) is -3.52. The van der Waals surface area contributed by atoms with Gasteiger partial charge in [-0.3, -0.25) is 0 Å². The molecule has 1 atom stereocenters. The zero-order valence-corrected chi connectivity index (χ0v) is 11.7. The van der Waals surface area contributed by atoms with Crippen LogP contribution in [0, 0.1) is 5.92 Å². The van der Waals surface area contributed by atoms with E-state index in [-0.39, 0.29) is 12.5 Å². The van der Waals surface area contributed by atoms with E-state index in [1.54, 1.807) is 0 Å². The van der Waals surface area contributed by atoms with E-state index >= 15 is 0 Å². The van der Waals surface area contributed by atoms with Crippen LogP contribution >= 0.6 is 0 Å². The first-order chi connectivity index (χ1) is 9.90. The molecule has 0 amide bonds. The molecule has 0 fully saturated rings. The first kappa shape index (κ1) is 15.6. The Kier molecular flexibility index (Phi) is 4.68. The molecule has 112 valence electrons. The van der Waals surface area contributed by atoms with Crippen molar-refractivity contribution in [2.45, 2.75) is 19.5 Å². The normalized spacial score (nSPS) is 13.2. The van der Waals surface area contributed by atoms with Crippen LogP contribution in [0.1, 0.15) is 18.1 Å². The molecule has 0 radical (unpaired) electrons. The first-order valence-electron chi connectivity index (χ1n) is 6.77. The van der Waals surface area contributed by atoms with Crippen molar-refractivity contribution in [2.75, 3.05) is 6.61 Å². The maximum Gasteiger partial charge on any atom is 0.416 e. The van der Waals surface area contributed by atoms with Gasteiger partial charge in [0.2, 0.25) is 0 Å². The quantitative estimate of drug-likeness (QED) is 0.877. The van der Waals surface area contributed by atoms with Crippen LogP contribution in [0.25, 0.3) is 11.1 Å². The lowest BCUT2D eigenvalue weighted by atomic mass is 9.98. The fraction of sp³-hybridized carbons (Fsp3) is 0.294. The third-order valence-corrected chi connectivity index (χ3v) is 3.40. The summed E-state index contributed by atoms with van der Waals surface area (Å²) >= 11 is 0. The van der Waals surface area contributed by atoms with E-state index in [2.05, 4.69) is 0 Å². The molecule has 0 aliphatic rings. The predicted molar refractivity (Wildman–Crippen MR) is 76.8 cm³/mol. The average Bonchev–Trinajstić information content (AvgIpc) is 2.47. The van der Waals surface area contributed by atoms with Gasteiger partial charge in [-0.1, -0.05) is 43.3 Å². The molecule has 0 saturated carbocycles. The molecule has 0 bridgehead atoms. The van der Waals surface area contributed by atoms with Crippen LogP contribution in [0.15, 0.2) is 48.5 Å². The summed E-state index contributed by atoms with van der Waals surface area (Å²) < 4.78 is 37.5. The van der Waals surface area contributed by atoms with Gasteiger partial charge in [0.1, 0.15) is 0 Å². The number of benzene rings is 2. The fourth-order valence-electron chi connectivity index (χ4n) is 2.15. The smallest absolute Gasteiger partial charge is 0.396 e. The summed E-state index contributed by atoms with van der Waals surface area (Å²) in [5.74, 6) is 0.196.